The Morgan fingerprint density at radius 1 is 1.10 bits per heavy atom. The number of aromatic amines is 1. The molecule has 1 aliphatic rings. The first-order valence-corrected chi connectivity index (χ1v) is 10.2. The molecule has 144 valence electrons. The maximum absolute atomic E-state index is 3.97. The van der Waals surface area contributed by atoms with Gasteiger partial charge in [0.15, 0.2) is 0 Å². The highest BCUT2D eigenvalue weighted by atomic mass is 14.7. The molecular formula is C28H27N. The lowest BCUT2D eigenvalue weighted by Crippen LogP contribution is -1.89. The molecule has 2 aromatic carbocycles. The van der Waals surface area contributed by atoms with Crippen molar-refractivity contribution in [3.05, 3.63) is 113 Å². The fraction of sp³-hybridized carbons (Fsp3) is 0.143. The number of aryl methyl sites for hydroxylation is 1. The summed E-state index contributed by atoms with van der Waals surface area (Å²) in [5.74, 6) is 0. The fourth-order valence-electron chi connectivity index (χ4n) is 3.91. The Bertz CT molecular complexity index is 1180. The van der Waals surface area contributed by atoms with Gasteiger partial charge in [-0.05, 0) is 66.7 Å². The molecule has 3 aromatic rings. The van der Waals surface area contributed by atoms with E-state index in [2.05, 4.69) is 104 Å². The molecule has 0 aliphatic heterocycles. The Hall–Kier alpha value is -3.32. The van der Waals surface area contributed by atoms with E-state index < -0.39 is 0 Å². The molecule has 1 heteroatoms. The maximum atomic E-state index is 3.97. The van der Waals surface area contributed by atoms with Gasteiger partial charge in [0, 0.05) is 22.2 Å². The monoisotopic (exact) mass is 377 g/mol. The standard InChI is InChI=1S/C28H27N/c1-4-20(2)23(24-13-9-8-11-21(24)3)15-10-12-22-17-18-26-25-14-6-5-7-16-27(25)29-28(26)19-22/h4,6-11,13-19,29H,1,5,12H2,2-3H3/b15-10-,23-20+. The number of hydrogen-bond acceptors (Lipinski definition) is 0. The van der Waals surface area contributed by atoms with Crippen LogP contribution in [0.15, 0.2) is 85.0 Å². The second-order valence-electron chi connectivity index (χ2n) is 7.59. The summed E-state index contributed by atoms with van der Waals surface area (Å²) in [4.78, 5) is 3.57. The number of aromatic nitrogens is 1. The van der Waals surface area contributed by atoms with E-state index in [0.717, 1.165) is 12.8 Å². The zero-order valence-electron chi connectivity index (χ0n) is 17.2. The second-order valence-corrected chi connectivity index (χ2v) is 7.59. The minimum absolute atomic E-state index is 0.894. The molecule has 0 radical (unpaired) electrons. The van der Waals surface area contributed by atoms with Crippen LogP contribution in [-0.2, 0) is 6.42 Å². The summed E-state index contributed by atoms with van der Waals surface area (Å²) < 4.78 is 0. The van der Waals surface area contributed by atoms with E-state index in [9.17, 15) is 0 Å². The van der Waals surface area contributed by atoms with Gasteiger partial charge in [0.25, 0.3) is 0 Å². The smallest absolute Gasteiger partial charge is 0.0467 e. The van der Waals surface area contributed by atoms with Crippen LogP contribution < -0.4 is 0 Å². The van der Waals surface area contributed by atoms with Crippen LogP contribution in [-0.4, -0.2) is 4.98 Å². The molecule has 0 amide bonds. The van der Waals surface area contributed by atoms with Crippen LogP contribution in [0, 0.1) is 6.92 Å². The molecule has 1 aliphatic carbocycles. The van der Waals surface area contributed by atoms with Crippen molar-refractivity contribution >= 4 is 28.6 Å². The quantitative estimate of drug-likeness (QED) is 0.439. The lowest BCUT2D eigenvalue weighted by atomic mass is 9.95. The Morgan fingerprint density at radius 2 is 1.93 bits per heavy atom. The van der Waals surface area contributed by atoms with Crippen molar-refractivity contribution in [2.45, 2.75) is 26.7 Å². The van der Waals surface area contributed by atoms with E-state index in [1.165, 1.54) is 50.0 Å². The summed E-state index contributed by atoms with van der Waals surface area (Å²) in [7, 11) is 0. The van der Waals surface area contributed by atoms with Crippen molar-refractivity contribution in [1.82, 2.24) is 4.98 Å². The molecule has 1 N–H and O–H groups in total. The van der Waals surface area contributed by atoms with E-state index in [-0.39, 0.29) is 0 Å². The van der Waals surface area contributed by atoms with Crippen LogP contribution in [0.5, 0.6) is 0 Å². The third-order valence-corrected chi connectivity index (χ3v) is 5.58. The highest BCUT2D eigenvalue weighted by Gasteiger charge is 2.09. The minimum atomic E-state index is 0.894. The Morgan fingerprint density at radius 3 is 2.76 bits per heavy atom. The summed E-state index contributed by atoms with van der Waals surface area (Å²) in [5.41, 5.74) is 9.98. The van der Waals surface area contributed by atoms with E-state index in [1.54, 1.807) is 0 Å². The molecule has 1 nitrogen and oxygen atoms in total. The van der Waals surface area contributed by atoms with E-state index in [0.29, 0.717) is 0 Å². The first-order valence-electron chi connectivity index (χ1n) is 10.2. The lowest BCUT2D eigenvalue weighted by molar-refractivity contribution is 1.27. The number of H-pyrrole nitrogens is 1. The topological polar surface area (TPSA) is 15.8 Å². The van der Waals surface area contributed by atoms with Gasteiger partial charge in [-0.3, -0.25) is 0 Å². The van der Waals surface area contributed by atoms with Crippen LogP contribution in [0.4, 0.5) is 0 Å². The molecule has 0 spiro atoms. The first-order chi connectivity index (χ1) is 14.2. The van der Waals surface area contributed by atoms with Crippen molar-refractivity contribution < 1.29 is 0 Å². The molecular weight excluding hydrogens is 350 g/mol. The maximum Gasteiger partial charge on any atom is 0.0467 e. The third-order valence-electron chi connectivity index (χ3n) is 5.58. The van der Waals surface area contributed by atoms with Crippen molar-refractivity contribution in [3.63, 3.8) is 0 Å². The number of benzene rings is 2. The number of nitrogens with one attached hydrogen (secondary N) is 1. The molecule has 29 heavy (non-hydrogen) atoms. The van der Waals surface area contributed by atoms with Gasteiger partial charge in [0.2, 0.25) is 0 Å². The molecule has 0 fully saturated rings. The fourth-order valence-corrected chi connectivity index (χ4v) is 3.91. The van der Waals surface area contributed by atoms with Crippen molar-refractivity contribution in [1.29, 1.82) is 0 Å². The highest BCUT2D eigenvalue weighted by molar-refractivity contribution is 5.94. The molecule has 0 bridgehead atoms. The molecule has 0 unspecified atom stereocenters. The van der Waals surface area contributed by atoms with Crippen molar-refractivity contribution in [3.8, 4) is 0 Å². The molecule has 0 saturated carbocycles. The minimum Gasteiger partial charge on any atom is -0.355 e. The summed E-state index contributed by atoms with van der Waals surface area (Å²) in [5, 5.41) is 1.29. The second kappa shape index (κ2) is 8.36. The van der Waals surface area contributed by atoms with Gasteiger partial charge in [0.05, 0.1) is 0 Å². The number of fused-ring (bicyclic) bond motifs is 3. The largest absolute Gasteiger partial charge is 0.355 e. The summed E-state index contributed by atoms with van der Waals surface area (Å²) in [6, 6.07) is 15.3. The number of allylic oxidation sites excluding steroid dienone is 7. The molecule has 1 aromatic heterocycles. The Kier molecular flexibility index (Phi) is 5.48. The zero-order chi connectivity index (χ0) is 20.2. The van der Waals surface area contributed by atoms with Crippen LogP contribution in [0.1, 0.15) is 41.3 Å². The average molecular weight is 378 g/mol. The van der Waals surface area contributed by atoms with Crippen LogP contribution in [0.3, 0.4) is 0 Å². The van der Waals surface area contributed by atoms with Crippen LogP contribution in [0.25, 0.3) is 28.6 Å². The first kappa shape index (κ1) is 19.0. The van der Waals surface area contributed by atoms with Gasteiger partial charge >= 0.3 is 0 Å². The highest BCUT2D eigenvalue weighted by Crippen LogP contribution is 2.28. The van der Waals surface area contributed by atoms with Gasteiger partial charge in [-0.2, -0.15) is 0 Å². The summed E-state index contributed by atoms with van der Waals surface area (Å²) in [6.45, 7) is 8.25. The van der Waals surface area contributed by atoms with E-state index >= 15 is 0 Å². The lowest BCUT2D eigenvalue weighted by Gasteiger charge is -2.09. The van der Waals surface area contributed by atoms with E-state index in [4.69, 9.17) is 0 Å². The average Bonchev–Trinajstić information content (AvgIpc) is 2.91. The SMILES string of the molecule is C=C/C(C)=C(\C=C/Cc1ccc2c3c([nH]c2c1)C=CCC=C3)c1ccccc1C. The van der Waals surface area contributed by atoms with Gasteiger partial charge in [-0.1, -0.05) is 79.4 Å². The van der Waals surface area contributed by atoms with Crippen LogP contribution >= 0.6 is 0 Å². The predicted octanol–water partition coefficient (Wildman–Crippen LogP) is 7.66. The Balaban J connectivity index is 1.61. The summed E-state index contributed by atoms with van der Waals surface area (Å²) in [6.07, 6.45) is 17.1. The molecule has 1 heterocycles. The van der Waals surface area contributed by atoms with Gasteiger partial charge in [-0.25, -0.2) is 0 Å². The number of rotatable bonds is 5. The normalized spacial score (nSPS) is 14.1. The zero-order valence-corrected chi connectivity index (χ0v) is 17.2. The predicted molar refractivity (Wildman–Crippen MR) is 128 cm³/mol. The van der Waals surface area contributed by atoms with Gasteiger partial charge < -0.3 is 4.98 Å². The Labute approximate surface area is 173 Å². The molecule has 0 atom stereocenters. The van der Waals surface area contributed by atoms with Gasteiger partial charge in [-0.15, -0.1) is 0 Å². The van der Waals surface area contributed by atoms with Gasteiger partial charge in [0.1, 0.15) is 0 Å². The van der Waals surface area contributed by atoms with E-state index in [1.807, 2.05) is 6.08 Å². The van der Waals surface area contributed by atoms with Crippen molar-refractivity contribution in [2.75, 3.05) is 0 Å². The molecule has 0 saturated heterocycles. The van der Waals surface area contributed by atoms with Crippen molar-refractivity contribution in [2.24, 2.45) is 0 Å². The third kappa shape index (κ3) is 3.95. The van der Waals surface area contributed by atoms with Crippen LogP contribution in [0.2, 0.25) is 0 Å². The number of hydrogen-bond donors (Lipinski definition) is 1. The molecule has 4 rings (SSSR count). The summed E-state index contributed by atoms with van der Waals surface area (Å²) >= 11 is 0.